The number of H-pyrrole nitrogens is 1. The molecule has 0 radical (unpaired) electrons. The number of aromatic nitrogens is 3. The maximum absolute atomic E-state index is 14.0. The number of halogens is 3. The Balaban J connectivity index is 1.79. The number of nitrogens with zero attached hydrogens (tertiary/aromatic N) is 4. The molecule has 2 amide bonds. The number of pyridine rings is 1. The first-order valence-electron chi connectivity index (χ1n) is 8.00. The Hall–Kier alpha value is -1.50. The second-order valence-electron chi connectivity index (χ2n) is 6.06. The molecule has 0 aliphatic carbocycles. The average molecular weight is 577 g/mol. The first kappa shape index (κ1) is 17.9. The molecule has 0 fully saturated rings. The highest BCUT2D eigenvalue weighted by Crippen LogP contribution is 2.32. The number of fused-ring (bicyclic) bond motifs is 2. The number of urea groups is 1. The molecule has 0 saturated carbocycles. The summed E-state index contributed by atoms with van der Waals surface area (Å²) in [6.45, 7) is 0.676. The molecule has 6 nitrogen and oxygen atoms in total. The predicted molar refractivity (Wildman–Crippen MR) is 115 cm³/mol. The Morgan fingerprint density at radius 2 is 2.19 bits per heavy atom. The topological polar surface area (TPSA) is 65.1 Å². The van der Waals surface area contributed by atoms with Crippen LogP contribution in [0.1, 0.15) is 12.1 Å². The minimum Gasteiger partial charge on any atom is -0.292 e. The molecule has 0 bridgehead atoms. The van der Waals surface area contributed by atoms with Crippen molar-refractivity contribution in [2.45, 2.75) is 12.8 Å². The summed E-state index contributed by atoms with van der Waals surface area (Å²) < 4.78 is 16.1. The Labute approximate surface area is 176 Å². The second-order valence-corrected chi connectivity index (χ2v) is 8.67. The quantitative estimate of drug-likeness (QED) is 0.342. The summed E-state index contributed by atoms with van der Waals surface area (Å²) in [6, 6.07) is 6.89. The minimum absolute atomic E-state index is 0.0667. The number of hydrogen-bond acceptors (Lipinski definition) is 3. The monoisotopic (exact) mass is 577 g/mol. The van der Waals surface area contributed by atoms with E-state index in [9.17, 15) is 9.18 Å². The first-order chi connectivity index (χ1) is 12.5. The van der Waals surface area contributed by atoms with Crippen LogP contribution in [0.5, 0.6) is 0 Å². The number of aromatic amines is 1. The van der Waals surface area contributed by atoms with Crippen molar-refractivity contribution < 1.29 is 9.18 Å². The summed E-state index contributed by atoms with van der Waals surface area (Å²) in [5, 5.41) is 7.97. The third-order valence-electron chi connectivity index (χ3n) is 4.38. The average Bonchev–Trinajstić information content (AvgIpc) is 3.03. The molecule has 1 N–H and O–H groups in total. The van der Waals surface area contributed by atoms with Crippen molar-refractivity contribution in [3.63, 3.8) is 0 Å². The molecular formula is C17H14FI2N5O. The van der Waals surface area contributed by atoms with E-state index in [1.807, 2.05) is 57.6 Å². The maximum atomic E-state index is 14.0. The van der Waals surface area contributed by atoms with Crippen LogP contribution in [0.25, 0.3) is 22.3 Å². The molecule has 26 heavy (non-hydrogen) atoms. The molecule has 4 rings (SSSR count). The van der Waals surface area contributed by atoms with Gasteiger partial charge in [-0.25, -0.2) is 14.2 Å². The van der Waals surface area contributed by atoms with Crippen molar-refractivity contribution in [2.24, 2.45) is 0 Å². The number of benzene rings is 1. The van der Waals surface area contributed by atoms with Gasteiger partial charge in [0.05, 0.1) is 49.0 Å². The van der Waals surface area contributed by atoms with Crippen molar-refractivity contribution in [3.8, 4) is 11.4 Å². The van der Waals surface area contributed by atoms with E-state index in [2.05, 4.69) is 10.2 Å². The molecule has 0 atom stereocenters. The van der Waals surface area contributed by atoms with Gasteiger partial charge in [0.2, 0.25) is 0 Å². The molecule has 0 unspecified atom stereocenters. The van der Waals surface area contributed by atoms with E-state index in [-0.39, 0.29) is 11.8 Å². The zero-order valence-electron chi connectivity index (χ0n) is 13.8. The van der Waals surface area contributed by atoms with E-state index in [1.54, 1.807) is 18.0 Å². The molecule has 3 heterocycles. The Morgan fingerprint density at radius 3 is 2.96 bits per heavy atom. The molecule has 9 heteroatoms. The number of rotatable bonds is 1. The van der Waals surface area contributed by atoms with Crippen LogP contribution in [-0.4, -0.2) is 37.9 Å². The summed E-state index contributed by atoms with van der Waals surface area (Å²) in [5.41, 5.74) is 3.76. The second kappa shape index (κ2) is 6.91. The van der Waals surface area contributed by atoms with Gasteiger partial charge in [0.1, 0.15) is 11.5 Å². The summed E-state index contributed by atoms with van der Waals surface area (Å²) in [6.07, 6.45) is 1.65. The van der Waals surface area contributed by atoms with Crippen LogP contribution in [-0.2, 0) is 6.42 Å². The normalized spacial score (nSPS) is 13.8. The van der Waals surface area contributed by atoms with Gasteiger partial charge in [-0.3, -0.25) is 13.1 Å². The summed E-state index contributed by atoms with van der Waals surface area (Å²) in [7, 11) is 1.73. The highest BCUT2D eigenvalue weighted by atomic mass is 127. The highest BCUT2D eigenvalue weighted by Gasteiger charge is 2.26. The maximum Gasteiger partial charge on any atom is 0.333 e. The van der Waals surface area contributed by atoms with Crippen molar-refractivity contribution in [1.29, 1.82) is 0 Å². The van der Waals surface area contributed by atoms with E-state index in [4.69, 9.17) is 4.98 Å². The Kier molecular flexibility index (Phi) is 4.75. The molecule has 0 spiro atoms. The molecular weight excluding hydrogens is 563 g/mol. The van der Waals surface area contributed by atoms with Gasteiger partial charge in [0.15, 0.2) is 0 Å². The first-order valence-corrected chi connectivity index (χ1v) is 10.0. The predicted octanol–water partition coefficient (Wildman–Crippen LogP) is 4.52. The smallest absolute Gasteiger partial charge is 0.292 e. The van der Waals surface area contributed by atoms with Gasteiger partial charge in [0, 0.05) is 19.0 Å². The number of nitrogens with one attached hydrogen (secondary N) is 1. The summed E-state index contributed by atoms with van der Waals surface area (Å²) in [4.78, 5) is 18.8. The standard InChI is InChI=1S/C17H14FI2N5O/c1-24(20)17(26)25-6-2-3-12-15(25)5-4-13(21-12)16-9-7-10(18)11(19)8-14(9)22-23-16/h4-5,7-8H,2-3,6H2,1H3,(H,22,23). The molecule has 3 aromatic rings. The Morgan fingerprint density at radius 1 is 1.38 bits per heavy atom. The van der Waals surface area contributed by atoms with Crippen LogP contribution in [0.3, 0.4) is 0 Å². The number of aryl methyl sites for hydroxylation is 1. The zero-order chi connectivity index (χ0) is 18.4. The minimum atomic E-state index is -0.277. The molecule has 2 aromatic heterocycles. The lowest BCUT2D eigenvalue weighted by Gasteiger charge is -2.30. The van der Waals surface area contributed by atoms with Crippen molar-refractivity contribution >= 4 is 68.1 Å². The highest BCUT2D eigenvalue weighted by molar-refractivity contribution is 14.1. The summed E-state index contributed by atoms with van der Waals surface area (Å²) in [5.74, 6) is -0.277. The lowest BCUT2D eigenvalue weighted by atomic mass is 10.1. The molecule has 134 valence electrons. The molecule has 1 aliphatic rings. The van der Waals surface area contributed by atoms with Gasteiger partial charge in [-0.1, -0.05) is 0 Å². The van der Waals surface area contributed by atoms with Crippen LogP contribution >= 0.6 is 45.5 Å². The van der Waals surface area contributed by atoms with Crippen LogP contribution < -0.4 is 4.90 Å². The number of carbonyl (C=O) groups excluding carboxylic acids is 1. The lowest BCUT2D eigenvalue weighted by Crippen LogP contribution is -2.40. The fraction of sp³-hybridized carbons (Fsp3) is 0.235. The third-order valence-corrected chi connectivity index (χ3v) is 5.62. The molecule has 0 saturated heterocycles. The SMILES string of the molecule is CN(I)C(=O)N1CCCc2nc(-c3n[nH]c4cc(I)c(F)cc34)ccc21. The van der Waals surface area contributed by atoms with Gasteiger partial charge in [-0.05, 0) is 59.7 Å². The van der Waals surface area contributed by atoms with E-state index >= 15 is 0 Å². The van der Waals surface area contributed by atoms with E-state index in [1.165, 1.54) is 9.18 Å². The van der Waals surface area contributed by atoms with Crippen molar-refractivity contribution in [3.05, 3.63) is 39.3 Å². The van der Waals surface area contributed by atoms with Crippen LogP contribution in [0.4, 0.5) is 14.9 Å². The number of carbonyl (C=O) groups is 1. The van der Waals surface area contributed by atoms with Crippen molar-refractivity contribution in [2.75, 3.05) is 18.5 Å². The number of anilines is 1. The van der Waals surface area contributed by atoms with Gasteiger partial charge >= 0.3 is 6.03 Å². The van der Waals surface area contributed by atoms with Crippen molar-refractivity contribution in [1.82, 2.24) is 18.3 Å². The zero-order valence-corrected chi connectivity index (χ0v) is 18.1. The number of amides is 2. The van der Waals surface area contributed by atoms with Gasteiger partial charge in [0.25, 0.3) is 0 Å². The fourth-order valence-corrected chi connectivity index (χ4v) is 3.88. The van der Waals surface area contributed by atoms with Crippen LogP contribution in [0.15, 0.2) is 24.3 Å². The van der Waals surface area contributed by atoms with Gasteiger partial charge < -0.3 is 0 Å². The van der Waals surface area contributed by atoms with Crippen LogP contribution in [0.2, 0.25) is 0 Å². The van der Waals surface area contributed by atoms with E-state index < -0.39 is 0 Å². The fourth-order valence-electron chi connectivity index (χ4n) is 3.15. The Bertz CT molecular complexity index is 1020. The third kappa shape index (κ3) is 3.04. The van der Waals surface area contributed by atoms with Gasteiger partial charge in [-0.2, -0.15) is 5.10 Å². The van der Waals surface area contributed by atoms with E-state index in [0.29, 0.717) is 26.9 Å². The van der Waals surface area contributed by atoms with Crippen LogP contribution in [0, 0.1) is 9.39 Å². The number of hydrogen-bond donors (Lipinski definition) is 1. The lowest BCUT2D eigenvalue weighted by molar-refractivity contribution is 0.238. The molecule has 1 aromatic carbocycles. The largest absolute Gasteiger partial charge is 0.333 e. The summed E-state index contributed by atoms with van der Waals surface area (Å²) >= 11 is 3.93. The van der Waals surface area contributed by atoms with E-state index in [0.717, 1.165) is 29.7 Å². The van der Waals surface area contributed by atoms with Gasteiger partial charge in [-0.15, -0.1) is 0 Å². The molecule has 1 aliphatic heterocycles.